The molecule has 0 saturated carbocycles. The molecule has 1 heterocycles. The number of halogens is 1. The summed E-state index contributed by atoms with van der Waals surface area (Å²) in [6.07, 6.45) is 1.42. The maximum Gasteiger partial charge on any atom is 0.223 e. The molecule has 0 spiro atoms. The number of anilines is 1. The zero-order valence-electron chi connectivity index (χ0n) is 14.0. The second-order valence-electron chi connectivity index (χ2n) is 6.28. The number of nitrogens with zero attached hydrogens (tertiary/aromatic N) is 2. The smallest absolute Gasteiger partial charge is 0.223 e. The van der Waals surface area contributed by atoms with Crippen LogP contribution in [-0.2, 0) is 11.2 Å². The molecule has 4 heteroatoms. The highest BCUT2D eigenvalue weighted by Crippen LogP contribution is 2.25. The van der Waals surface area contributed by atoms with Crippen molar-refractivity contribution < 1.29 is 4.79 Å². The Balaban J connectivity index is 1.52. The Kier molecular flexibility index (Phi) is 5.56. The van der Waals surface area contributed by atoms with Crippen LogP contribution in [0.15, 0.2) is 53.0 Å². The van der Waals surface area contributed by atoms with Gasteiger partial charge in [-0.2, -0.15) is 0 Å². The molecule has 1 aliphatic heterocycles. The van der Waals surface area contributed by atoms with Gasteiger partial charge >= 0.3 is 0 Å². The van der Waals surface area contributed by atoms with Gasteiger partial charge < -0.3 is 9.80 Å². The number of piperazine rings is 1. The van der Waals surface area contributed by atoms with Gasteiger partial charge in [-0.3, -0.25) is 4.79 Å². The number of amides is 1. The van der Waals surface area contributed by atoms with E-state index in [9.17, 15) is 4.79 Å². The monoisotopic (exact) mass is 386 g/mol. The molecule has 3 rings (SSSR count). The van der Waals surface area contributed by atoms with Gasteiger partial charge in [-0.15, -0.1) is 0 Å². The molecule has 1 saturated heterocycles. The average Bonchev–Trinajstić information content (AvgIpc) is 2.61. The summed E-state index contributed by atoms with van der Waals surface area (Å²) in [4.78, 5) is 16.8. The van der Waals surface area contributed by atoms with Crippen LogP contribution in [0.5, 0.6) is 0 Å². The number of benzene rings is 2. The maximum atomic E-state index is 12.4. The van der Waals surface area contributed by atoms with Crippen molar-refractivity contribution in [3.05, 3.63) is 64.1 Å². The zero-order chi connectivity index (χ0) is 16.9. The SMILES string of the molecule is Cc1cc(Br)ccc1N1CCN(C(=O)CCc2ccccc2)CC1. The molecule has 0 aliphatic carbocycles. The molecule has 2 aromatic rings. The zero-order valence-corrected chi connectivity index (χ0v) is 15.6. The van der Waals surface area contributed by atoms with Crippen molar-refractivity contribution >= 4 is 27.5 Å². The van der Waals surface area contributed by atoms with Crippen molar-refractivity contribution in [3.8, 4) is 0 Å². The fourth-order valence-corrected chi connectivity index (χ4v) is 3.70. The van der Waals surface area contributed by atoms with E-state index in [1.165, 1.54) is 16.8 Å². The molecule has 1 amide bonds. The number of hydrogen-bond acceptors (Lipinski definition) is 2. The average molecular weight is 387 g/mol. The summed E-state index contributed by atoms with van der Waals surface area (Å²) in [5, 5.41) is 0. The molecule has 0 bridgehead atoms. The number of hydrogen-bond donors (Lipinski definition) is 0. The molecule has 0 N–H and O–H groups in total. The number of rotatable bonds is 4. The summed E-state index contributed by atoms with van der Waals surface area (Å²) in [5.41, 5.74) is 3.78. The number of aryl methyl sites for hydroxylation is 2. The summed E-state index contributed by atoms with van der Waals surface area (Å²) in [6, 6.07) is 16.6. The Morgan fingerprint density at radius 1 is 1.04 bits per heavy atom. The Hall–Kier alpha value is -1.81. The number of carbonyl (C=O) groups excluding carboxylic acids is 1. The fourth-order valence-electron chi connectivity index (χ4n) is 3.22. The minimum Gasteiger partial charge on any atom is -0.368 e. The molecular weight excluding hydrogens is 364 g/mol. The third-order valence-corrected chi connectivity index (χ3v) is 5.10. The van der Waals surface area contributed by atoms with Gasteiger partial charge in [-0.05, 0) is 42.7 Å². The van der Waals surface area contributed by atoms with Crippen LogP contribution in [0.2, 0.25) is 0 Å². The van der Waals surface area contributed by atoms with Crippen LogP contribution in [0.1, 0.15) is 17.5 Å². The van der Waals surface area contributed by atoms with Crippen molar-refractivity contribution in [1.29, 1.82) is 0 Å². The first kappa shape index (κ1) is 17.0. The quantitative estimate of drug-likeness (QED) is 0.791. The minimum absolute atomic E-state index is 0.269. The van der Waals surface area contributed by atoms with E-state index in [0.29, 0.717) is 6.42 Å². The van der Waals surface area contributed by atoms with Crippen LogP contribution in [-0.4, -0.2) is 37.0 Å². The predicted molar refractivity (Wildman–Crippen MR) is 102 cm³/mol. The molecule has 0 radical (unpaired) electrons. The fraction of sp³-hybridized carbons (Fsp3) is 0.350. The van der Waals surface area contributed by atoms with Crippen molar-refractivity contribution in [2.75, 3.05) is 31.1 Å². The molecule has 3 nitrogen and oxygen atoms in total. The standard InChI is InChI=1S/C20H23BrN2O/c1-16-15-18(21)8-9-19(16)22-11-13-23(14-12-22)20(24)10-7-17-5-3-2-4-6-17/h2-6,8-9,15H,7,10-14H2,1H3. The topological polar surface area (TPSA) is 23.6 Å². The van der Waals surface area contributed by atoms with Gasteiger partial charge in [0.2, 0.25) is 5.91 Å². The Morgan fingerprint density at radius 3 is 2.42 bits per heavy atom. The summed E-state index contributed by atoms with van der Waals surface area (Å²) in [6.45, 7) is 5.56. The predicted octanol–water partition coefficient (Wildman–Crippen LogP) is 4.04. The summed E-state index contributed by atoms with van der Waals surface area (Å²) < 4.78 is 1.11. The lowest BCUT2D eigenvalue weighted by molar-refractivity contribution is -0.131. The van der Waals surface area contributed by atoms with Crippen molar-refractivity contribution in [2.45, 2.75) is 19.8 Å². The third kappa shape index (κ3) is 4.18. The maximum absolute atomic E-state index is 12.4. The second kappa shape index (κ2) is 7.84. The summed E-state index contributed by atoms with van der Waals surface area (Å²) in [7, 11) is 0. The van der Waals surface area contributed by atoms with Gasteiger partial charge in [0.15, 0.2) is 0 Å². The van der Waals surface area contributed by atoms with E-state index in [2.05, 4.69) is 58.1 Å². The van der Waals surface area contributed by atoms with E-state index in [0.717, 1.165) is 37.1 Å². The van der Waals surface area contributed by atoms with Gasteiger partial charge in [0.05, 0.1) is 0 Å². The van der Waals surface area contributed by atoms with E-state index in [1.54, 1.807) is 0 Å². The van der Waals surface area contributed by atoms with E-state index in [4.69, 9.17) is 0 Å². The normalized spacial score (nSPS) is 14.8. The molecule has 2 aromatic carbocycles. The van der Waals surface area contributed by atoms with Crippen LogP contribution < -0.4 is 4.90 Å². The van der Waals surface area contributed by atoms with Crippen LogP contribution in [0.3, 0.4) is 0 Å². The minimum atomic E-state index is 0.269. The largest absolute Gasteiger partial charge is 0.368 e. The molecule has 0 atom stereocenters. The Morgan fingerprint density at radius 2 is 1.75 bits per heavy atom. The van der Waals surface area contributed by atoms with E-state index in [1.807, 2.05) is 23.1 Å². The molecular formula is C20H23BrN2O. The molecule has 126 valence electrons. The van der Waals surface area contributed by atoms with Crippen molar-refractivity contribution in [1.82, 2.24) is 4.90 Å². The third-order valence-electron chi connectivity index (χ3n) is 4.60. The highest BCUT2D eigenvalue weighted by molar-refractivity contribution is 9.10. The molecule has 0 aromatic heterocycles. The van der Waals surface area contributed by atoms with Crippen molar-refractivity contribution in [3.63, 3.8) is 0 Å². The van der Waals surface area contributed by atoms with Gasteiger partial charge in [-0.1, -0.05) is 46.3 Å². The van der Waals surface area contributed by atoms with E-state index >= 15 is 0 Å². The van der Waals surface area contributed by atoms with E-state index in [-0.39, 0.29) is 5.91 Å². The molecule has 1 aliphatic rings. The van der Waals surface area contributed by atoms with Crippen LogP contribution in [0, 0.1) is 6.92 Å². The first-order valence-corrected chi connectivity index (χ1v) is 9.25. The lowest BCUT2D eigenvalue weighted by Crippen LogP contribution is -2.49. The molecule has 1 fully saturated rings. The van der Waals surface area contributed by atoms with Gasteiger partial charge in [-0.25, -0.2) is 0 Å². The first-order valence-electron chi connectivity index (χ1n) is 8.46. The lowest BCUT2D eigenvalue weighted by Gasteiger charge is -2.37. The van der Waals surface area contributed by atoms with Crippen LogP contribution in [0.4, 0.5) is 5.69 Å². The molecule has 0 unspecified atom stereocenters. The Bertz CT molecular complexity index is 694. The van der Waals surface area contributed by atoms with E-state index < -0.39 is 0 Å². The van der Waals surface area contributed by atoms with Gasteiger partial charge in [0.25, 0.3) is 0 Å². The Labute approximate surface area is 152 Å². The van der Waals surface area contributed by atoms with Crippen LogP contribution in [0.25, 0.3) is 0 Å². The van der Waals surface area contributed by atoms with Gasteiger partial charge in [0.1, 0.15) is 0 Å². The summed E-state index contributed by atoms with van der Waals surface area (Å²) in [5.74, 6) is 0.269. The number of carbonyl (C=O) groups is 1. The van der Waals surface area contributed by atoms with Gasteiger partial charge in [0, 0.05) is 42.8 Å². The molecule has 24 heavy (non-hydrogen) atoms. The summed E-state index contributed by atoms with van der Waals surface area (Å²) >= 11 is 3.51. The lowest BCUT2D eigenvalue weighted by atomic mass is 10.1. The highest BCUT2D eigenvalue weighted by atomic mass is 79.9. The van der Waals surface area contributed by atoms with Crippen LogP contribution >= 0.6 is 15.9 Å². The highest BCUT2D eigenvalue weighted by Gasteiger charge is 2.21. The first-order chi connectivity index (χ1) is 11.6. The second-order valence-corrected chi connectivity index (χ2v) is 7.20. The van der Waals surface area contributed by atoms with Crippen molar-refractivity contribution in [2.24, 2.45) is 0 Å².